The number of halogens is 1. The normalized spacial score (nSPS) is 22.9. The zero-order valence-corrected chi connectivity index (χ0v) is 24.2. The van der Waals surface area contributed by atoms with Gasteiger partial charge in [-0.1, -0.05) is 25.3 Å². The summed E-state index contributed by atoms with van der Waals surface area (Å²) in [5, 5.41) is 2.86. The fourth-order valence-corrected chi connectivity index (χ4v) is 7.59. The Bertz CT molecular complexity index is 1640. The van der Waals surface area contributed by atoms with Crippen LogP contribution in [0.15, 0.2) is 45.7 Å². The molecule has 2 atom stereocenters. The van der Waals surface area contributed by atoms with Crippen molar-refractivity contribution in [3.8, 4) is 5.75 Å². The van der Waals surface area contributed by atoms with Crippen LogP contribution in [0.1, 0.15) is 37.7 Å². The van der Waals surface area contributed by atoms with Gasteiger partial charge in [-0.15, -0.1) is 4.40 Å². The summed E-state index contributed by atoms with van der Waals surface area (Å²) in [6, 6.07) is 8.12. The minimum Gasteiger partial charge on any atom is -0.494 e. The van der Waals surface area contributed by atoms with Crippen molar-refractivity contribution < 1.29 is 35.6 Å². The Labute approximate surface area is 238 Å². The Hall–Kier alpha value is -3.52. The minimum absolute atomic E-state index is 0.0224. The van der Waals surface area contributed by atoms with E-state index in [4.69, 9.17) is 4.74 Å². The standard InChI is InChI=1S/C27H31FN4O7S2/c1-39-22-12-16(8-10-20(22)28)14-32-15-19(17-6-4-3-5-7-17)25(33)24(27(32)34)26-29-21-11-9-18(30-40(2,35)36)13-23(21)41(37,38)31-26/h8-13,17,19,24,30H,3-7,14-15H2,1-2H3,(H,29,31). The first-order valence-corrected chi connectivity index (χ1v) is 16.6. The highest BCUT2D eigenvalue weighted by Crippen LogP contribution is 2.38. The molecule has 0 aromatic heterocycles. The van der Waals surface area contributed by atoms with Gasteiger partial charge in [0.25, 0.3) is 10.0 Å². The summed E-state index contributed by atoms with van der Waals surface area (Å²) in [5.41, 5.74) is 0.692. The van der Waals surface area contributed by atoms with Gasteiger partial charge in [0, 0.05) is 24.7 Å². The summed E-state index contributed by atoms with van der Waals surface area (Å²) in [6.07, 6.45) is 5.59. The Morgan fingerprint density at radius 2 is 1.85 bits per heavy atom. The van der Waals surface area contributed by atoms with Crippen molar-refractivity contribution in [1.82, 2.24) is 4.90 Å². The summed E-state index contributed by atoms with van der Waals surface area (Å²) in [4.78, 5) is 28.9. The van der Waals surface area contributed by atoms with Gasteiger partial charge in [0.1, 0.15) is 10.7 Å². The molecule has 1 aliphatic carbocycles. The molecular formula is C27H31FN4O7S2. The fraction of sp³-hybridized carbons (Fsp3) is 0.444. The van der Waals surface area contributed by atoms with Gasteiger partial charge in [-0.25, -0.2) is 12.8 Å². The maximum atomic E-state index is 14.0. The first-order chi connectivity index (χ1) is 19.4. The number of nitrogens with one attached hydrogen (secondary N) is 2. The lowest BCUT2D eigenvalue weighted by atomic mass is 9.72. The second-order valence-corrected chi connectivity index (χ2v) is 14.0. The molecule has 11 nitrogen and oxygen atoms in total. The molecule has 220 valence electrons. The molecule has 2 N–H and O–H groups in total. The molecule has 14 heteroatoms. The topological polar surface area (TPSA) is 151 Å². The van der Waals surface area contributed by atoms with Gasteiger partial charge < -0.3 is 15.0 Å². The fourth-order valence-electron chi connectivity index (χ4n) is 5.85. The minimum atomic E-state index is -4.39. The third kappa shape index (κ3) is 6.08. The van der Waals surface area contributed by atoms with E-state index in [-0.39, 0.29) is 52.6 Å². The zero-order valence-electron chi connectivity index (χ0n) is 22.6. The van der Waals surface area contributed by atoms with E-state index < -0.39 is 43.6 Å². The molecule has 1 saturated heterocycles. The highest BCUT2D eigenvalue weighted by Gasteiger charge is 2.48. The van der Waals surface area contributed by atoms with Crippen molar-refractivity contribution >= 4 is 48.9 Å². The third-order valence-corrected chi connectivity index (χ3v) is 9.69. The van der Waals surface area contributed by atoms with E-state index in [1.54, 1.807) is 0 Å². The molecule has 2 aromatic rings. The molecule has 2 aromatic carbocycles. The van der Waals surface area contributed by atoms with E-state index >= 15 is 0 Å². The number of methoxy groups -OCH3 is 1. The second-order valence-electron chi connectivity index (χ2n) is 10.7. The van der Waals surface area contributed by atoms with Gasteiger partial charge in [-0.2, -0.15) is 8.42 Å². The highest BCUT2D eigenvalue weighted by molar-refractivity contribution is 7.92. The summed E-state index contributed by atoms with van der Waals surface area (Å²) in [5.74, 6) is -3.76. The van der Waals surface area contributed by atoms with Crippen LogP contribution in [-0.2, 0) is 36.2 Å². The van der Waals surface area contributed by atoms with Crippen LogP contribution < -0.4 is 14.8 Å². The van der Waals surface area contributed by atoms with Crippen molar-refractivity contribution in [2.24, 2.45) is 22.2 Å². The van der Waals surface area contributed by atoms with Gasteiger partial charge in [-0.05, 0) is 54.7 Å². The van der Waals surface area contributed by atoms with Gasteiger partial charge in [-0.3, -0.25) is 14.3 Å². The van der Waals surface area contributed by atoms with Gasteiger partial charge in [0.05, 0.1) is 19.1 Å². The van der Waals surface area contributed by atoms with Crippen LogP contribution in [0.25, 0.3) is 0 Å². The van der Waals surface area contributed by atoms with E-state index in [0.29, 0.717) is 5.56 Å². The monoisotopic (exact) mass is 606 g/mol. The molecule has 2 aliphatic heterocycles. The van der Waals surface area contributed by atoms with Gasteiger partial charge >= 0.3 is 0 Å². The van der Waals surface area contributed by atoms with Crippen LogP contribution in [-0.4, -0.2) is 59.2 Å². The largest absolute Gasteiger partial charge is 0.494 e. The number of fused-ring (bicyclic) bond motifs is 1. The molecular weight excluding hydrogens is 575 g/mol. The maximum Gasteiger partial charge on any atom is 0.286 e. The van der Waals surface area contributed by atoms with Crippen LogP contribution in [0.2, 0.25) is 0 Å². The molecule has 5 rings (SSSR count). The molecule has 2 unspecified atom stereocenters. The van der Waals surface area contributed by atoms with Crippen LogP contribution >= 0.6 is 0 Å². The van der Waals surface area contributed by atoms with E-state index in [2.05, 4.69) is 14.4 Å². The summed E-state index contributed by atoms with van der Waals surface area (Å²) in [6.45, 7) is 0.231. The molecule has 0 spiro atoms. The van der Waals surface area contributed by atoms with Gasteiger partial charge in [0.15, 0.2) is 23.3 Å². The average Bonchev–Trinajstić information content (AvgIpc) is 2.91. The van der Waals surface area contributed by atoms with E-state index in [1.165, 1.54) is 42.3 Å². The van der Waals surface area contributed by atoms with Crippen molar-refractivity contribution in [3.63, 3.8) is 0 Å². The number of hydrogen-bond donors (Lipinski definition) is 2. The number of ketones is 1. The Balaban J connectivity index is 1.50. The first kappa shape index (κ1) is 29.0. The third-order valence-electron chi connectivity index (χ3n) is 7.75. The number of likely N-dealkylation sites (tertiary alicyclic amines) is 1. The SMILES string of the molecule is COc1cc(CN2CC(C3CCCCC3)C(=O)C(C3=NS(=O)(=O)c4cc(NS(C)(=O)=O)ccc4N3)C2=O)ccc1F. The number of ether oxygens (including phenoxy) is 1. The average molecular weight is 607 g/mol. The number of hydrogen-bond acceptors (Lipinski definition) is 8. The number of carbonyl (C=O) groups excluding carboxylic acids is 2. The molecule has 0 bridgehead atoms. The van der Waals surface area contributed by atoms with Gasteiger partial charge in [0.2, 0.25) is 15.9 Å². The quantitative estimate of drug-likeness (QED) is 0.456. The number of sulfonamides is 2. The van der Waals surface area contributed by atoms with Crippen LogP contribution in [0.4, 0.5) is 15.8 Å². The van der Waals surface area contributed by atoms with E-state index in [1.807, 2.05) is 0 Å². The number of amides is 1. The highest BCUT2D eigenvalue weighted by atomic mass is 32.2. The zero-order chi connectivity index (χ0) is 29.5. The number of rotatable bonds is 7. The van der Waals surface area contributed by atoms with Crippen LogP contribution in [0, 0.1) is 23.6 Å². The number of amidine groups is 1. The van der Waals surface area contributed by atoms with E-state index in [9.17, 15) is 30.8 Å². The summed E-state index contributed by atoms with van der Waals surface area (Å²) < 4.78 is 74.9. The molecule has 0 radical (unpaired) electrons. The molecule has 2 fully saturated rings. The predicted molar refractivity (Wildman–Crippen MR) is 150 cm³/mol. The number of carbonyl (C=O) groups is 2. The molecule has 2 heterocycles. The Morgan fingerprint density at radius 1 is 1.12 bits per heavy atom. The molecule has 3 aliphatic rings. The van der Waals surface area contributed by atoms with Crippen LogP contribution in [0.5, 0.6) is 5.75 Å². The van der Waals surface area contributed by atoms with Crippen LogP contribution in [0.3, 0.4) is 0 Å². The molecule has 1 amide bonds. The number of nitrogens with zero attached hydrogens (tertiary/aromatic N) is 2. The maximum absolute atomic E-state index is 14.0. The lowest BCUT2D eigenvalue weighted by Crippen LogP contribution is -2.56. The second kappa shape index (κ2) is 11.0. The Morgan fingerprint density at radius 3 is 2.54 bits per heavy atom. The van der Waals surface area contributed by atoms with E-state index in [0.717, 1.165) is 44.4 Å². The summed E-state index contributed by atoms with van der Waals surface area (Å²) >= 11 is 0. The lowest BCUT2D eigenvalue weighted by molar-refractivity contribution is -0.148. The van der Waals surface area contributed by atoms with Crippen molar-refractivity contribution in [1.29, 1.82) is 0 Å². The number of Topliss-reactive ketones (excluding diaryl/α,β-unsaturated/α-hetero) is 1. The molecule has 41 heavy (non-hydrogen) atoms. The smallest absolute Gasteiger partial charge is 0.286 e. The first-order valence-electron chi connectivity index (χ1n) is 13.2. The number of piperidine rings is 1. The van der Waals surface area contributed by atoms with Crippen molar-refractivity contribution in [3.05, 3.63) is 47.8 Å². The number of anilines is 2. The summed E-state index contributed by atoms with van der Waals surface area (Å²) in [7, 11) is -6.71. The van der Waals surface area contributed by atoms with Crippen molar-refractivity contribution in [2.45, 2.75) is 43.5 Å². The molecule has 1 saturated carbocycles. The predicted octanol–water partition coefficient (Wildman–Crippen LogP) is 3.14. The van der Waals surface area contributed by atoms with Crippen molar-refractivity contribution in [2.75, 3.05) is 29.9 Å². The lowest BCUT2D eigenvalue weighted by Gasteiger charge is -2.41. The number of benzene rings is 2. The Kier molecular flexibility index (Phi) is 7.81.